The predicted octanol–water partition coefficient (Wildman–Crippen LogP) is 4.90. The molecule has 1 aliphatic heterocycles. The molecule has 3 rings (SSSR count). The van der Waals surface area contributed by atoms with Crippen molar-refractivity contribution in [3.63, 3.8) is 0 Å². The normalized spacial score (nSPS) is 17.2. The van der Waals surface area contributed by atoms with Crippen LogP contribution in [0.5, 0.6) is 5.75 Å². The number of aryl methyl sites for hydroxylation is 2. The Morgan fingerprint density at radius 2 is 1.74 bits per heavy atom. The van der Waals surface area contributed by atoms with Crippen molar-refractivity contribution < 1.29 is 4.74 Å². The van der Waals surface area contributed by atoms with Crippen molar-refractivity contribution in [3.05, 3.63) is 62.6 Å². The summed E-state index contributed by atoms with van der Waals surface area (Å²) in [5.74, 6) is 1.47. The van der Waals surface area contributed by atoms with Gasteiger partial charge in [0.25, 0.3) is 0 Å². The van der Waals surface area contributed by atoms with Crippen molar-refractivity contribution >= 4 is 15.9 Å². The van der Waals surface area contributed by atoms with Crippen LogP contribution in [0.1, 0.15) is 33.7 Å². The Balaban J connectivity index is 2.12. The smallest absolute Gasteiger partial charge is 0.126 e. The summed E-state index contributed by atoms with van der Waals surface area (Å²) in [6.45, 7) is 7.24. The number of hydrogen-bond acceptors (Lipinski definition) is 1. The second-order valence-corrected chi connectivity index (χ2v) is 6.21. The van der Waals surface area contributed by atoms with Gasteiger partial charge in [-0.15, -0.1) is 0 Å². The molecule has 0 N–H and O–H groups in total. The van der Waals surface area contributed by atoms with Crippen molar-refractivity contribution in [1.29, 1.82) is 0 Å². The zero-order valence-corrected chi connectivity index (χ0v) is 13.0. The molecule has 0 saturated heterocycles. The Hall–Kier alpha value is -1.28. The number of benzene rings is 2. The van der Waals surface area contributed by atoms with Gasteiger partial charge in [0.2, 0.25) is 0 Å². The lowest BCUT2D eigenvalue weighted by Gasteiger charge is -2.14. The van der Waals surface area contributed by atoms with Crippen molar-refractivity contribution in [2.75, 3.05) is 6.61 Å². The minimum absolute atomic E-state index is 0.363. The van der Waals surface area contributed by atoms with E-state index < -0.39 is 0 Å². The van der Waals surface area contributed by atoms with E-state index in [1.807, 2.05) is 0 Å². The van der Waals surface area contributed by atoms with Crippen molar-refractivity contribution in [1.82, 2.24) is 0 Å². The lowest BCUT2D eigenvalue weighted by molar-refractivity contribution is 0.341. The van der Waals surface area contributed by atoms with Crippen LogP contribution < -0.4 is 4.74 Å². The molecular weight excluding hydrogens is 300 g/mol. The van der Waals surface area contributed by atoms with Gasteiger partial charge in [-0.25, -0.2) is 0 Å². The summed E-state index contributed by atoms with van der Waals surface area (Å²) in [7, 11) is 0. The molecule has 0 aromatic heterocycles. The Bertz CT molecular complexity index is 629. The molecule has 0 saturated carbocycles. The van der Waals surface area contributed by atoms with E-state index in [2.05, 4.69) is 67.0 Å². The molecule has 2 aromatic carbocycles. The van der Waals surface area contributed by atoms with Gasteiger partial charge in [-0.1, -0.05) is 34.1 Å². The minimum Gasteiger partial charge on any atom is -0.492 e. The number of ether oxygens (including phenoxy) is 1. The maximum absolute atomic E-state index is 5.98. The summed E-state index contributed by atoms with van der Waals surface area (Å²) in [5.41, 5.74) is 6.62. The van der Waals surface area contributed by atoms with Crippen LogP contribution in [-0.4, -0.2) is 6.61 Å². The van der Waals surface area contributed by atoms with Crippen LogP contribution in [0.3, 0.4) is 0 Å². The number of fused-ring (bicyclic) bond motifs is 1. The third-order valence-electron chi connectivity index (χ3n) is 4.05. The molecule has 2 aromatic rings. The van der Waals surface area contributed by atoms with Crippen LogP contribution in [0.25, 0.3) is 0 Å². The highest BCUT2D eigenvalue weighted by Gasteiger charge is 2.29. The second-order valence-electron chi connectivity index (χ2n) is 5.29. The molecule has 0 amide bonds. The van der Waals surface area contributed by atoms with Crippen LogP contribution in [-0.2, 0) is 0 Å². The SMILES string of the molecule is Cc1cc(C)c2c(c1C)OC[C@H]2c1ccc(Br)cc1. The van der Waals surface area contributed by atoms with Gasteiger partial charge >= 0.3 is 0 Å². The number of rotatable bonds is 1. The van der Waals surface area contributed by atoms with Crippen molar-refractivity contribution in [2.24, 2.45) is 0 Å². The van der Waals surface area contributed by atoms with E-state index in [1.165, 1.54) is 27.8 Å². The molecule has 1 nitrogen and oxygen atoms in total. The van der Waals surface area contributed by atoms with Crippen molar-refractivity contribution in [2.45, 2.75) is 26.7 Å². The lowest BCUT2D eigenvalue weighted by atomic mass is 9.88. The van der Waals surface area contributed by atoms with Gasteiger partial charge in [-0.2, -0.15) is 0 Å². The Kier molecular flexibility index (Phi) is 3.14. The minimum atomic E-state index is 0.363. The molecule has 0 unspecified atom stereocenters. The van der Waals surface area contributed by atoms with Crippen LogP contribution in [0.15, 0.2) is 34.8 Å². The van der Waals surface area contributed by atoms with Crippen LogP contribution >= 0.6 is 15.9 Å². The average molecular weight is 317 g/mol. The van der Waals surface area contributed by atoms with E-state index in [9.17, 15) is 0 Å². The fourth-order valence-electron chi connectivity index (χ4n) is 2.90. The molecule has 19 heavy (non-hydrogen) atoms. The third-order valence-corrected chi connectivity index (χ3v) is 4.58. The zero-order chi connectivity index (χ0) is 13.6. The highest BCUT2D eigenvalue weighted by molar-refractivity contribution is 9.10. The number of hydrogen-bond donors (Lipinski definition) is 0. The molecule has 1 atom stereocenters. The maximum atomic E-state index is 5.98. The van der Waals surface area contributed by atoms with E-state index in [0.29, 0.717) is 5.92 Å². The van der Waals surface area contributed by atoms with E-state index >= 15 is 0 Å². The molecule has 0 bridgehead atoms. The lowest BCUT2D eigenvalue weighted by Crippen LogP contribution is -2.03. The Labute approximate surface area is 122 Å². The standard InChI is InChI=1S/C17H17BrO/c1-10-8-11(2)16-15(9-19-17(16)12(10)3)13-4-6-14(18)7-5-13/h4-8,15H,9H2,1-3H3/t15-/m0/s1. The van der Waals surface area contributed by atoms with Gasteiger partial charge in [0.05, 0.1) is 6.61 Å². The van der Waals surface area contributed by atoms with Crippen LogP contribution in [0.4, 0.5) is 0 Å². The fourth-order valence-corrected chi connectivity index (χ4v) is 3.16. The van der Waals surface area contributed by atoms with E-state index in [0.717, 1.165) is 16.8 Å². The molecule has 0 fully saturated rings. The summed E-state index contributed by atoms with van der Waals surface area (Å²) in [5, 5.41) is 0. The fraction of sp³-hybridized carbons (Fsp3) is 0.294. The molecule has 1 heterocycles. The molecule has 0 radical (unpaired) electrons. The maximum Gasteiger partial charge on any atom is 0.126 e. The second kappa shape index (κ2) is 4.68. The van der Waals surface area contributed by atoms with Gasteiger partial charge in [0.1, 0.15) is 5.75 Å². The molecule has 0 spiro atoms. The largest absolute Gasteiger partial charge is 0.492 e. The first kappa shape index (κ1) is 12.7. The molecule has 0 aliphatic carbocycles. The van der Waals surface area contributed by atoms with E-state index in [4.69, 9.17) is 4.74 Å². The van der Waals surface area contributed by atoms with Crippen LogP contribution in [0.2, 0.25) is 0 Å². The summed E-state index contributed by atoms with van der Waals surface area (Å²) in [4.78, 5) is 0. The first-order valence-corrected chi connectivity index (χ1v) is 7.36. The summed E-state index contributed by atoms with van der Waals surface area (Å²) < 4.78 is 7.09. The quantitative estimate of drug-likeness (QED) is 0.727. The molecule has 2 heteroatoms. The summed E-state index contributed by atoms with van der Waals surface area (Å²) in [6.07, 6.45) is 0. The first-order chi connectivity index (χ1) is 9.08. The van der Waals surface area contributed by atoms with Gasteiger partial charge in [0.15, 0.2) is 0 Å². The Morgan fingerprint density at radius 3 is 2.42 bits per heavy atom. The number of halogens is 1. The Morgan fingerprint density at radius 1 is 1.05 bits per heavy atom. The van der Waals surface area contributed by atoms with Gasteiger partial charge in [0, 0.05) is 16.0 Å². The first-order valence-electron chi connectivity index (χ1n) is 6.57. The molecular formula is C17H17BrO. The predicted molar refractivity (Wildman–Crippen MR) is 82.1 cm³/mol. The van der Waals surface area contributed by atoms with E-state index in [-0.39, 0.29) is 0 Å². The van der Waals surface area contributed by atoms with E-state index in [1.54, 1.807) is 0 Å². The van der Waals surface area contributed by atoms with Gasteiger partial charge < -0.3 is 4.74 Å². The average Bonchev–Trinajstić information content (AvgIpc) is 2.82. The summed E-state index contributed by atoms with van der Waals surface area (Å²) >= 11 is 3.49. The van der Waals surface area contributed by atoms with Crippen molar-refractivity contribution in [3.8, 4) is 5.75 Å². The van der Waals surface area contributed by atoms with Gasteiger partial charge in [-0.05, 0) is 55.2 Å². The highest BCUT2D eigenvalue weighted by Crippen LogP contribution is 2.43. The molecule has 98 valence electrons. The topological polar surface area (TPSA) is 9.23 Å². The van der Waals surface area contributed by atoms with Gasteiger partial charge in [-0.3, -0.25) is 0 Å². The summed E-state index contributed by atoms with van der Waals surface area (Å²) in [6, 6.07) is 10.8. The zero-order valence-electron chi connectivity index (χ0n) is 11.5. The third kappa shape index (κ3) is 2.08. The van der Waals surface area contributed by atoms with Crippen LogP contribution in [0, 0.1) is 20.8 Å². The highest BCUT2D eigenvalue weighted by atomic mass is 79.9. The monoisotopic (exact) mass is 316 g/mol. The molecule has 1 aliphatic rings.